The first kappa shape index (κ1) is 25.0. The maximum atomic E-state index is 12.8. The van der Waals surface area contributed by atoms with Gasteiger partial charge in [-0.15, -0.1) is 0 Å². The van der Waals surface area contributed by atoms with Crippen LogP contribution in [0.3, 0.4) is 0 Å². The number of anilines is 1. The van der Waals surface area contributed by atoms with Gasteiger partial charge in [0.15, 0.2) is 0 Å². The highest BCUT2D eigenvalue weighted by Crippen LogP contribution is 2.36. The van der Waals surface area contributed by atoms with Crippen molar-refractivity contribution in [2.24, 2.45) is 5.92 Å². The van der Waals surface area contributed by atoms with Crippen molar-refractivity contribution in [2.75, 3.05) is 23.6 Å². The molecule has 3 aromatic carbocycles. The lowest BCUT2D eigenvalue weighted by Crippen LogP contribution is -2.51. The maximum Gasteiger partial charge on any atom is 0.335 e. The summed E-state index contributed by atoms with van der Waals surface area (Å²) in [5.74, 6) is -1.49. The molecule has 7 nitrogen and oxygen atoms in total. The predicted molar refractivity (Wildman–Crippen MR) is 135 cm³/mol. The third-order valence-corrected chi connectivity index (χ3v) is 7.72. The second-order valence-corrected chi connectivity index (χ2v) is 11.1. The van der Waals surface area contributed by atoms with E-state index in [0.717, 1.165) is 11.1 Å². The van der Waals surface area contributed by atoms with E-state index < -0.39 is 16.0 Å². The van der Waals surface area contributed by atoms with Crippen LogP contribution in [-0.4, -0.2) is 43.2 Å². The summed E-state index contributed by atoms with van der Waals surface area (Å²) >= 11 is 12.1. The van der Waals surface area contributed by atoms with Crippen LogP contribution in [0.4, 0.5) is 5.69 Å². The smallest absolute Gasteiger partial charge is 0.335 e. The van der Waals surface area contributed by atoms with E-state index in [1.54, 1.807) is 0 Å². The lowest BCUT2D eigenvalue weighted by molar-refractivity contribution is 0.0697. The van der Waals surface area contributed by atoms with Crippen LogP contribution >= 0.6 is 23.2 Å². The van der Waals surface area contributed by atoms with Gasteiger partial charge in [-0.2, -0.15) is 5.26 Å². The minimum Gasteiger partial charge on any atom is -0.478 e. The predicted octanol–water partition coefficient (Wildman–Crippen LogP) is 5.03. The van der Waals surface area contributed by atoms with Gasteiger partial charge in [-0.1, -0.05) is 47.5 Å². The molecule has 3 aromatic rings. The van der Waals surface area contributed by atoms with Crippen molar-refractivity contribution < 1.29 is 18.3 Å². The van der Waals surface area contributed by atoms with Crippen molar-refractivity contribution in [3.05, 3.63) is 99.0 Å². The fourth-order valence-corrected chi connectivity index (χ4v) is 5.88. The standard InChI is InChI=1S/C25H21Cl2N3O4S/c26-21-5-1-18(2-6-21)24(19-3-7-22(27)8-4-19)30-13-17(14-30)15-35(33,34)29-23-10-16(12-28)9-20(11-23)25(31)32/h1-11,17,24,29H,13-15H2,(H,31,32). The van der Waals surface area contributed by atoms with Gasteiger partial charge in [-0.25, -0.2) is 13.2 Å². The molecule has 2 N–H and O–H groups in total. The molecule has 0 radical (unpaired) electrons. The largest absolute Gasteiger partial charge is 0.478 e. The van der Waals surface area contributed by atoms with Gasteiger partial charge in [0.05, 0.1) is 34.7 Å². The Kier molecular flexibility index (Phi) is 7.33. The Bertz CT molecular complexity index is 1340. The molecule has 0 spiro atoms. The van der Waals surface area contributed by atoms with Crippen molar-refractivity contribution in [1.82, 2.24) is 4.90 Å². The van der Waals surface area contributed by atoms with E-state index in [9.17, 15) is 18.3 Å². The number of nitriles is 1. The highest BCUT2D eigenvalue weighted by Gasteiger charge is 2.36. The van der Waals surface area contributed by atoms with Crippen molar-refractivity contribution in [2.45, 2.75) is 6.04 Å². The van der Waals surface area contributed by atoms with E-state index in [2.05, 4.69) is 9.62 Å². The summed E-state index contributed by atoms with van der Waals surface area (Å²) < 4.78 is 28.0. The SMILES string of the molecule is N#Cc1cc(NS(=O)(=O)CC2CN(C(c3ccc(Cl)cc3)c3ccc(Cl)cc3)C2)cc(C(=O)O)c1. The van der Waals surface area contributed by atoms with Gasteiger partial charge in [0, 0.05) is 29.1 Å². The van der Waals surface area contributed by atoms with E-state index >= 15 is 0 Å². The zero-order valence-electron chi connectivity index (χ0n) is 18.4. The fraction of sp³-hybridized carbons (Fsp3) is 0.200. The van der Waals surface area contributed by atoms with Crippen molar-refractivity contribution in [3.63, 3.8) is 0 Å². The van der Waals surface area contributed by atoms with Crippen LogP contribution in [0.25, 0.3) is 0 Å². The molecule has 1 aliphatic heterocycles. The molecule has 180 valence electrons. The average molecular weight is 530 g/mol. The number of aromatic carboxylic acids is 1. The number of likely N-dealkylation sites (tertiary alicyclic amines) is 1. The Morgan fingerprint density at radius 1 is 1.03 bits per heavy atom. The maximum absolute atomic E-state index is 12.8. The lowest BCUT2D eigenvalue weighted by atomic mass is 9.91. The third kappa shape index (κ3) is 6.13. The fourth-order valence-electron chi connectivity index (χ4n) is 4.24. The number of carboxylic acid groups (broad SMARTS) is 1. The molecule has 0 aliphatic carbocycles. The van der Waals surface area contributed by atoms with Gasteiger partial charge in [-0.05, 0) is 53.6 Å². The van der Waals surface area contributed by atoms with Gasteiger partial charge >= 0.3 is 5.97 Å². The van der Waals surface area contributed by atoms with E-state index in [1.807, 2.05) is 54.6 Å². The van der Waals surface area contributed by atoms with Crippen molar-refractivity contribution in [1.29, 1.82) is 5.26 Å². The van der Waals surface area contributed by atoms with Gasteiger partial charge in [0.2, 0.25) is 10.0 Å². The van der Waals surface area contributed by atoms with Crippen LogP contribution in [0.2, 0.25) is 10.0 Å². The minimum atomic E-state index is -3.77. The highest BCUT2D eigenvalue weighted by atomic mass is 35.5. The first-order chi connectivity index (χ1) is 16.6. The normalized spacial score (nSPS) is 14.3. The monoisotopic (exact) mass is 529 g/mol. The second kappa shape index (κ2) is 10.3. The molecular weight excluding hydrogens is 509 g/mol. The van der Waals surface area contributed by atoms with Crippen LogP contribution in [0.5, 0.6) is 0 Å². The molecule has 10 heteroatoms. The van der Waals surface area contributed by atoms with Gasteiger partial charge in [0.25, 0.3) is 0 Å². The van der Waals surface area contributed by atoms with Crippen LogP contribution in [0, 0.1) is 17.2 Å². The number of rotatable bonds is 8. The van der Waals surface area contributed by atoms with E-state index in [0.29, 0.717) is 23.1 Å². The van der Waals surface area contributed by atoms with Crippen LogP contribution in [0.1, 0.15) is 33.1 Å². The summed E-state index contributed by atoms with van der Waals surface area (Å²) in [6.45, 7) is 1.10. The molecule has 1 fully saturated rings. The summed E-state index contributed by atoms with van der Waals surface area (Å²) in [6.07, 6.45) is 0. The van der Waals surface area contributed by atoms with Crippen LogP contribution < -0.4 is 4.72 Å². The summed E-state index contributed by atoms with van der Waals surface area (Å²) in [5, 5.41) is 19.6. The number of carbonyl (C=O) groups is 1. The Morgan fingerprint density at radius 3 is 2.06 bits per heavy atom. The van der Waals surface area contributed by atoms with Crippen molar-refractivity contribution >= 4 is 44.9 Å². The molecule has 0 unspecified atom stereocenters. The second-order valence-electron chi connectivity index (χ2n) is 8.43. The molecule has 1 saturated heterocycles. The van der Waals surface area contributed by atoms with Crippen molar-refractivity contribution in [3.8, 4) is 6.07 Å². The minimum absolute atomic E-state index is 0.0536. The number of hydrogen-bond acceptors (Lipinski definition) is 5. The first-order valence-corrected chi connectivity index (χ1v) is 13.1. The molecular formula is C25H21Cl2N3O4S. The zero-order chi connectivity index (χ0) is 25.2. The Morgan fingerprint density at radius 2 is 1.57 bits per heavy atom. The Labute approximate surface area is 213 Å². The Hall–Kier alpha value is -3.09. The number of halogens is 2. The molecule has 0 saturated carbocycles. The molecule has 4 rings (SSSR count). The molecule has 35 heavy (non-hydrogen) atoms. The molecule has 0 bridgehead atoms. The summed E-state index contributed by atoms with van der Waals surface area (Å²) in [6, 6.07) is 20.6. The lowest BCUT2D eigenvalue weighted by Gasteiger charge is -2.44. The zero-order valence-corrected chi connectivity index (χ0v) is 20.7. The van der Waals surface area contributed by atoms with Gasteiger partial charge in [0.1, 0.15) is 0 Å². The molecule has 0 aromatic heterocycles. The summed E-state index contributed by atoms with van der Waals surface area (Å²) in [5.41, 5.74) is 2.02. The number of hydrogen-bond donors (Lipinski definition) is 2. The number of carboxylic acids is 1. The van der Waals surface area contributed by atoms with Gasteiger partial charge < -0.3 is 5.11 Å². The third-order valence-electron chi connectivity index (χ3n) is 5.76. The number of benzene rings is 3. The van der Waals surface area contributed by atoms with Gasteiger partial charge in [-0.3, -0.25) is 9.62 Å². The van der Waals surface area contributed by atoms with E-state index in [-0.39, 0.29) is 34.5 Å². The summed E-state index contributed by atoms with van der Waals surface area (Å²) in [4.78, 5) is 13.5. The molecule has 0 amide bonds. The quantitative estimate of drug-likeness (QED) is 0.423. The van der Waals surface area contributed by atoms with Crippen LogP contribution in [0.15, 0.2) is 66.7 Å². The van der Waals surface area contributed by atoms with E-state index in [1.165, 1.54) is 18.2 Å². The number of nitrogens with zero attached hydrogens (tertiary/aromatic N) is 2. The summed E-state index contributed by atoms with van der Waals surface area (Å²) in [7, 11) is -3.77. The first-order valence-electron chi connectivity index (χ1n) is 10.7. The number of sulfonamides is 1. The molecule has 1 heterocycles. The average Bonchev–Trinajstić information content (AvgIpc) is 2.79. The van der Waals surface area contributed by atoms with Crippen LogP contribution in [-0.2, 0) is 10.0 Å². The Balaban J connectivity index is 1.47. The van der Waals surface area contributed by atoms with E-state index in [4.69, 9.17) is 28.5 Å². The topological polar surface area (TPSA) is 111 Å². The molecule has 1 aliphatic rings. The highest BCUT2D eigenvalue weighted by molar-refractivity contribution is 7.92. The number of nitrogens with one attached hydrogen (secondary N) is 1. The molecule has 0 atom stereocenters.